The molecule has 10 heteroatoms. The van der Waals surface area contributed by atoms with Crippen LogP contribution >= 0.6 is 11.3 Å². The second kappa shape index (κ2) is 11.4. The van der Waals surface area contributed by atoms with Gasteiger partial charge < -0.3 is 24.7 Å². The van der Waals surface area contributed by atoms with Crippen molar-refractivity contribution in [3.8, 4) is 5.75 Å². The Balaban J connectivity index is 1.15. The average Bonchev–Trinajstić information content (AvgIpc) is 3.46. The van der Waals surface area contributed by atoms with E-state index in [1.165, 1.54) is 11.3 Å². The number of benzene rings is 1. The number of urea groups is 1. The number of phenolic OH excluding ortho intramolecular Hbond substituents is 1. The highest BCUT2D eigenvalue weighted by Gasteiger charge is 2.31. The van der Waals surface area contributed by atoms with Gasteiger partial charge in [0, 0.05) is 69.4 Å². The van der Waals surface area contributed by atoms with Gasteiger partial charge in [0.25, 0.3) is 5.91 Å². The fourth-order valence-corrected chi connectivity index (χ4v) is 6.17. The summed E-state index contributed by atoms with van der Waals surface area (Å²) < 4.78 is 0. The van der Waals surface area contributed by atoms with Crippen molar-refractivity contribution in [1.82, 2.24) is 19.8 Å². The SMILES string of the molecule is CCN(C(=O)c1csc(C2CCN(C(=O)N3CCN(c4ccccn4)CC3)CC2)n1)c1cc(O)ccc1C. The molecule has 0 atom stereocenters. The van der Waals surface area contributed by atoms with E-state index in [0.717, 1.165) is 42.3 Å². The van der Waals surface area contributed by atoms with Gasteiger partial charge in [-0.2, -0.15) is 0 Å². The number of anilines is 2. The van der Waals surface area contributed by atoms with Gasteiger partial charge in [0.15, 0.2) is 0 Å². The van der Waals surface area contributed by atoms with Crippen molar-refractivity contribution in [1.29, 1.82) is 0 Å². The first-order valence-electron chi connectivity index (χ1n) is 13.2. The number of phenols is 1. The van der Waals surface area contributed by atoms with Crippen LogP contribution in [0.2, 0.25) is 0 Å². The number of pyridine rings is 1. The Morgan fingerprint density at radius 2 is 1.79 bits per heavy atom. The molecule has 200 valence electrons. The molecule has 1 aromatic carbocycles. The minimum Gasteiger partial charge on any atom is -0.508 e. The summed E-state index contributed by atoms with van der Waals surface area (Å²) in [5.74, 6) is 1.17. The molecule has 0 saturated carbocycles. The van der Waals surface area contributed by atoms with Crippen LogP contribution in [0.3, 0.4) is 0 Å². The number of aromatic nitrogens is 2. The first kappa shape index (κ1) is 26.0. The highest BCUT2D eigenvalue weighted by Crippen LogP contribution is 2.32. The van der Waals surface area contributed by atoms with E-state index in [0.29, 0.717) is 44.1 Å². The molecule has 9 nitrogen and oxygen atoms in total. The van der Waals surface area contributed by atoms with Gasteiger partial charge in [-0.1, -0.05) is 12.1 Å². The van der Waals surface area contributed by atoms with Crippen molar-refractivity contribution in [3.05, 3.63) is 64.2 Å². The molecule has 2 aliphatic heterocycles. The lowest BCUT2D eigenvalue weighted by Gasteiger charge is -2.39. The minimum absolute atomic E-state index is 0.110. The van der Waals surface area contributed by atoms with Gasteiger partial charge in [0.2, 0.25) is 0 Å². The van der Waals surface area contributed by atoms with Gasteiger partial charge >= 0.3 is 6.03 Å². The van der Waals surface area contributed by atoms with Crippen molar-refractivity contribution < 1.29 is 14.7 Å². The van der Waals surface area contributed by atoms with Crippen LogP contribution in [0.15, 0.2) is 48.0 Å². The lowest BCUT2D eigenvalue weighted by Crippen LogP contribution is -2.54. The van der Waals surface area contributed by atoms with E-state index in [9.17, 15) is 14.7 Å². The minimum atomic E-state index is -0.166. The summed E-state index contributed by atoms with van der Waals surface area (Å²) in [4.78, 5) is 43.4. The third kappa shape index (κ3) is 5.45. The predicted molar refractivity (Wildman–Crippen MR) is 149 cm³/mol. The summed E-state index contributed by atoms with van der Waals surface area (Å²) >= 11 is 1.52. The number of aryl methyl sites for hydroxylation is 1. The average molecular weight is 535 g/mol. The van der Waals surface area contributed by atoms with Crippen LogP contribution in [-0.4, -0.2) is 82.6 Å². The summed E-state index contributed by atoms with van der Waals surface area (Å²) in [5, 5.41) is 12.7. The van der Waals surface area contributed by atoms with E-state index in [1.807, 2.05) is 53.3 Å². The van der Waals surface area contributed by atoms with Gasteiger partial charge in [0.1, 0.15) is 17.3 Å². The molecule has 3 amide bonds. The zero-order valence-corrected chi connectivity index (χ0v) is 22.7. The molecule has 1 N–H and O–H groups in total. The van der Waals surface area contributed by atoms with Gasteiger partial charge in [-0.15, -0.1) is 11.3 Å². The van der Waals surface area contributed by atoms with Crippen LogP contribution in [0.1, 0.15) is 46.7 Å². The van der Waals surface area contributed by atoms with Crippen LogP contribution in [0.25, 0.3) is 0 Å². The molecule has 2 fully saturated rings. The molecule has 0 radical (unpaired) electrons. The van der Waals surface area contributed by atoms with Crippen molar-refractivity contribution in [3.63, 3.8) is 0 Å². The Labute approximate surface area is 227 Å². The molecule has 4 heterocycles. The summed E-state index contributed by atoms with van der Waals surface area (Å²) in [6.45, 7) is 8.66. The summed E-state index contributed by atoms with van der Waals surface area (Å²) in [6.07, 6.45) is 3.47. The van der Waals surface area contributed by atoms with E-state index < -0.39 is 0 Å². The van der Waals surface area contributed by atoms with E-state index in [2.05, 4.69) is 9.88 Å². The van der Waals surface area contributed by atoms with E-state index >= 15 is 0 Å². The standard InChI is InChI=1S/C28H34N6O3S/c1-3-34(24-18-22(35)8-7-20(24)2)27(36)23-19-38-26(30-23)21-9-12-32(13-10-21)28(37)33-16-14-31(15-17-33)25-6-4-5-11-29-25/h4-8,11,18-19,21,35H,3,9-10,12-17H2,1-2H3. The molecule has 0 unspecified atom stereocenters. The molecule has 0 bridgehead atoms. The van der Waals surface area contributed by atoms with Crippen molar-refractivity contribution >= 4 is 34.8 Å². The van der Waals surface area contributed by atoms with Crippen molar-refractivity contribution in [2.24, 2.45) is 0 Å². The molecule has 2 aliphatic rings. The number of piperazine rings is 1. The number of thiazole rings is 1. The maximum Gasteiger partial charge on any atom is 0.320 e. The Hall–Kier alpha value is -3.66. The number of aromatic hydroxyl groups is 1. The van der Waals surface area contributed by atoms with Crippen molar-refractivity contribution in [2.75, 3.05) is 55.6 Å². The zero-order chi connectivity index (χ0) is 26.6. The van der Waals surface area contributed by atoms with E-state index in [1.54, 1.807) is 23.2 Å². The Bertz CT molecular complexity index is 1270. The third-order valence-corrected chi connectivity index (χ3v) is 8.43. The molecule has 3 aromatic rings. The van der Waals surface area contributed by atoms with Gasteiger partial charge in [-0.3, -0.25) is 4.79 Å². The van der Waals surface area contributed by atoms with Crippen molar-refractivity contribution in [2.45, 2.75) is 32.6 Å². The number of hydrogen-bond donors (Lipinski definition) is 1. The van der Waals surface area contributed by atoms with Gasteiger partial charge in [-0.05, 0) is 50.5 Å². The number of piperidine rings is 1. The largest absolute Gasteiger partial charge is 0.508 e. The smallest absolute Gasteiger partial charge is 0.320 e. The first-order valence-corrected chi connectivity index (χ1v) is 14.1. The Morgan fingerprint density at radius 3 is 2.47 bits per heavy atom. The number of rotatable bonds is 5. The highest BCUT2D eigenvalue weighted by atomic mass is 32.1. The third-order valence-electron chi connectivity index (χ3n) is 7.42. The predicted octanol–water partition coefficient (Wildman–Crippen LogP) is 4.34. The summed E-state index contributed by atoms with van der Waals surface area (Å²) in [6, 6.07) is 11.1. The molecule has 5 rings (SSSR count). The van der Waals surface area contributed by atoms with Crippen LogP contribution < -0.4 is 9.80 Å². The lowest BCUT2D eigenvalue weighted by atomic mass is 9.98. The topological polar surface area (TPSA) is 93.1 Å². The summed E-state index contributed by atoms with van der Waals surface area (Å²) in [7, 11) is 0. The number of carbonyl (C=O) groups is 2. The zero-order valence-electron chi connectivity index (χ0n) is 21.9. The molecule has 38 heavy (non-hydrogen) atoms. The second-order valence-corrected chi connectivity index (χ2v) is 10.7. The highest BCUT2D eigenvalue weighted by molar-refractivity contribution is 7.10. The van der Waals surface area contributed by atoms with Crippen LogP contribution in [0.4, 0.5) is 16.3 Å². The number of likely N-dealkylation sites (tertiary alicyclic amines) is 1. The Kier molecular flexibility index (Phi) is 7.78. The quantitative estimate of drug-likeness (QED) is 0.524. The molecular formula is C28H34N6O3S. The number of amides is 3. The molecule has 2 aromatic heterocycles. The lowest BCUT2D eigenvalue weighted by molar-refractivity contribution is 0.0983. The fourth-order valence-electron chi connectivity index (χ4n) is 5.21. The number of carbonyl (C=O) groups excluding carboxylic acids is 2. The fraction of sp³-hybridized carbons (Fsp3) is 0.429. The number of nitrogens with zero attached hydrogens (tertiary/aromatic N) is 6. The second-order valence-electron chi connectivity index (χ2n) is 9.80. The molecule has 2 saturated heterocycles. The maximum atomic E-state index is 13.3. The van der Waals surface area contributed by atoms with Gasteiger partial charge in [0.05, 0.1) is 10.7 Å². The summed E-state index contributed by atoms with van der Waals surface area (Å²) in [5.41, 5.74) is 2.04. The van der Waals surface area contributed by atoms with Crippen LogP contribution in [-0.2, 0) is 0 Å². The van der Waals surface area contributed by atoms with Crippen LogP contribution in [0, 0.1) is 6.92 Å². The molecular weight excluding hydrogens is 500 g/mol. The van der Waals surface area contributed by atoms with Gasteiger partial charge in [-0.25, -0.2) is 14.8 Å². The normalized spacial score (nSPS) is 16.5. The molecule has 0 spiro atoms. The first-order chi connectivity index (χ1) is 18.4. The maximum absolute atomic E-state index is 13.3. The van der Waals surface area contributed by atoms with E-state index in [4.69, 9.17) is 4.98 Å². The monoisotopic (exact) mass is 534 g/mol. The van der Waals surface area contributed by atoms with E-state index in [-0.39, 0.29) is 23.6 Å². The Morgan fingerprint density at radius 1 is 1.05 bits per heavy atom. The molecule has 0 aliphatic carbocycles. The number of hydrogen-bond acceptors (Lipinski definition) is 7. The van der Waals surface area contributed by atoms with Crippen LogP contribution in [0.5, 0.6) is 5.75 Å².